The van der Waals surface area contributed by atoms with Gasteiger partial charge in [0.25, 0.3) is 11.8 Å². The van der Waals surface area contributed by atoms with Crippen LogP contribution in [0.1, 0.15) is 69.9 Å². The van der Waals surface area contributed by atoms with Crippen LogP contribution in [0.4, 0.5) is 16.2 Å². The zero-order valence-electron chi connectivity index (χ0n) is 23.0. The molecule has 0 fully saturated rings. The highest BCUT2D eigenvalue weighted by atomic mass is 16.5. The first-order chi connectivity index (χ1) is 18.9. The van der Waals surface area contributed by atoms with E-state index in [1.165, 1.54) is 31.4 Å². The lowest BCUT2D eigenvalue weighted by Crippen LogP contribution is -2.19. The number of carbonyl (C=O) groups excluding carboxylic acids is 4. The van der Waals surface area contributed by atoms with Crippen LogP contribution in [0.3, 0.4) is 0 Å². The van der Waals surface area contributed by atoms with Crippen LogP contribution in [-0.4, -0.2) is 43.4 Å². The fourth-order valence-electron chi connectivity index (χ4n) is 3.65. The maximum absolute atomic E-state index is 13.1. The van der Waals surface area contributed by atoms with Crippen LogP contribution in [0.25, 0.3) is 0 Å². The third kappa shape index (κ3) is 7.53. The summed E-state index contributed by atoms with van der Waals surface area (Å²) < 4.78 is 9.57. The number of anilines is 2. The van der Waals surface area contributed by atoms with Gasteiger partial charge in [-0.25, -0.2) is 9.59 Å². The summed E-state index contributed by atoms with van der Waals surface area (Å²) in [5, 5.41) is 5.52. The van der Waals surface area contributed by atoms with Gasteiger partial charge in [0.1, 0.15) is 5.84 Å². The molecule has 4 N–H and O–H groups in total. The van der Waals surface area contributed by atoms with E-state index < -0.39 is 23.9 Å². The minimum atomic E-state index is -0.839. The van der Waals surface area contributed by atoms with Crippen molar-refractivity contribution in [2.24, 2.45) is 10.7 Å². The van der Waals surface area contributed by atoms with Gasteiger partial charge in [0.2, 0.25) is 0 Å². The molecule has 0 saturated heterocycles. The molecule has 0 atom stereocenters. The van der Waals surface area contributed by atoms with Gasteiger partial charge in [-0.05, 0) is 60.4 Å². The average molecular weight is 545 g/mol. The van der Waals surface area contributed by atoms with Crippen LogP contribution < -0.4 is 16.4 Å². The van der Waals surface area contributed by atoms with Crippen molar-refractivity contribution >= 4 is 41.1 Å². The largest absolute Gasteiger partial charge is 0.465 e. The summed E-state index contributed by atoms with van der Waals surface area (Å²) in [6.07, 6.45) is -0.839. The minimum absolute atomic E-state index is 0.0755. The van der Waals surface area contributed by atoms with E-state index >= 15 is 0 Å². The molecule has 0 saturated carbocycles. The molecule has 0 unspecified atom stereocenters. The van der Waals surface area contributed by atoms with E-state index in [9.17, 15) is 19.2 Å². The van der Waals surface area contributed by atoms with E-state index in [0.717, 1.165) is 5.56 Å². The molecule has 10 heteroatoms. The summed E-state index contributed by atoms with van der Waals surface area (Å²) in [6.45, 7) is 8.02. The standard InChI is InChI=1S/C30H32N4O6/c1-6-40-29(38)34-25(31)19-8-7-9-20(16-19)27(36)32-23-15-12-21(28(37)39-5)17-24(23)33-26(35)18-10-13-22(14-11-18)30(2,3)4/h7-17H,6H2,1-5H3,(H,32,36)(H,33,35)(H2,31,34,38). The van der Waals surface area contributed by atoms with Crippen molar-refractivity contribution in [3.05, 3.63) is 94.5 Å². The minimum Gasteiger partial charge on any atom is -0.465 e. The van der Waals surface area contributed by atoms with Gasteiger partial charge in [-0.1, -0.05) is 45.0 Å². The average Bonchev–Trinajstić information content (AvgIpc) is 2.93. The van der Waals surface area contributed by atoms with E-state index in [0.29, 0.717) is 11.1 Å². The van der Waals surface area contributed by atoms with Gasteiger partial charge >= 0.3 is 12.1 Å². The van der Waals surface area contributed by atoms with Gasteiger partial charge in [0, 0.05) is 16.7 Å². The van der Waals surface area contributed by atoms with E-state index in [-0.39, 0.29) is 40.4 Å². The normalized spacial score (nSPS) is 11.4. The second kappa shape index (κ2) is 12.7. The van der Waals surface area contributed by atoms with Crippen molar-refractivity contribution in [3.63, 3.8) is 0 Å². The second-order valence-electron chi connectivity index (χ2n) is 9.76. The number of nitrogens with zero attached hydrogens (tertiary/aromatic N) is 1. The van der Waals surface area contributed by atoms with Crippen LogP contribution in [0.2, 0.25) is 0 Å². The van der Waals surface area contributed by atoms with E-state index in [1.807, 2.05) is 12.1 Å². The number of ether oxygens (including phenoxy) is 2. The van der Waals surface area contributed by atoms with Crippen LogP contribution in [0.5, 0.6) is 0 Å². The predicted octanol–water partition coefficient (Wildman–Crippen LogP) is 5.14. The zero-order chi connectivity index (χ0) is 29.4. The summed E-state index contributed by atoms with van der Waals surface area (Å²) >= 11 is 0. The third-order valence-electron chi connectivity index (χ3n) is 5.85. The Morgan fingerprint density at radius 3 is 2.02 bits per heavy atom. The molecule has 3 aromatic carbocycles. The summed E-state index contributed by atoms with van der Waals surface area (Å²) in [5.41, 5.74) is 8.48. The highest BCUT2D eigenvalue weighted by Gasteiger charge is 2.18. The van der Waals surface area contributed by atoms with Crippen LogP contribution >= 0.6 is 0 Å². The summed E-state index contributed by atoms with van der Waals surface area (Å²) in [7, 11) is 1.25. The molecule has 40 heavy (non-hydrogen) atoms. The van der Waals surface area contributed by atoms with Crippen LogP contribution in [-0.2, 0) is 14.9 Å². The Morgan fingerprint density at radius 1 is 0.800 bits per heavy atom. The van der Waals surface area contributed by atoms with Gasteiger partial charge < -0.3 is 25.8 Å². The van der Waals surface area contributed by atoms with Gasteiger partial charge in [0.05, 0.1) is 30.7 Å². The first kappa shape index (κ1) is 29.6. The van der Waals surface area contributed by atoms with Crippen molar-refractivity contribution in [2.45, 2.75) is 33.1 Å². The van der Waals surface area contributed by atoms with Gasteiger partial charge in [-0.2, -0.15) is 4.99 Å². The number of amidine groups is 1. The number of nitrogens with one attached hydrogen (secondary N) is 2. The number of hydrogen-bond donors (Lipinski definition) is 3. The van der Waals surface area contributed by atoms with Gasteiger partial charge in [-0.3, -0.25) is 9.59 Å². The number of nitrogens with two attached hydrogens (primary N) is 1. The molecule has 0 aliphatic rings. The Hall–Kier alpha value is -4.99. The van der Waals surface area contributed by atoms with Crippen molar-refractivity contribution < 1.29 is 28.7 Å². The zero-order valence-corrected chi connectivity index (χ0v) is 23.0. The molecular weight excluding hydrogens is 512 g/mol. The topological polar surface area (TPSA) is 149 Å². The molecule has 0 heterocycles. The molecule has 0 aliphatic heterocycles. The molecule has 0 radical (unpaired) electrons. The van der Waals surface area contributed by atoms with Crippen molar-refractivity contribution in [1.82, 2.24) is 0 Å². The predicted molar refractivity (Wildman–Crippen MR) is 153 cm³/mol. The lowest BCUT2D eigenvalue weighted by molar-refractivity contribution is 0.0600. The summed E-state index contributed by atoms with van der Waals surface area (Å²) in [6, 6.07) is 17.8. The third-order valence-corrected chi connectivity index (χ3v) is 5.85. The maximum atomic E-state index is 13.1. The number of methoxy groups -OCH3 is 1. The molecule has 0 spiro atoms. The monoisotopic (exact) mass is 544 g/mol. The molecule has 3 rings (SSSR count). The number of aliphatic imine (C=N–C) groups is 1. The lowest BCUT2D eigenvalue weighted by Gasteiger charge is -2.19. The molecule has 0 aromatic heterocycles. The molecule has 0 bridgehead atoms. The quantitative estimate of drug-likeness (QED) is 0.212. The number of esters is 1. The van der Waals surface area contributed by atoms with Gasteiger partial charge in [-0.15, -0.1) is 0 Å². The Labute approximate surface area is 232 Å². The SMILES string of the molecule is CCOC(=O)/N=C(\N)c1cccc(C(=O)Nc2ccc(C(=O)OC)cc2NC(=O)c2ccc(C(C)(C)C)cc2)c1. The highest BCUT2D eigenvalue weighted by Crippen LogP contribution is 2.27. The van der Waals surface area contributed by atoms with Crippen LogP contribution in [0.15, 0.2) is 71.7 Å². The first-order valence-electron chi connectivity index (χ1n) is 12.5. The molecule has 0 aliphatic carbocycles. The fraction of sp³-hybridized carbons (Fsp3) is 0.233. The highest BCUT2D eigenvalue weighted by molar-refractivity contribution is 6.12. The smallest absolute Gasteiger partial charge is 0.435 e. The number of hydrogen-bond acceptors (Lipinski definition) is 6. The first-order valence-corrected chi connectivity index (χ1v) is 12.5. The Kier molecular flexibility index (Phi) is 9.39. The summed E-state index contributed by atoms with van der Waals surface area (Å²) in [4.78, 5) is 53.7. The summed E-state index contributed by atoms with van der Waals surface area (Å²) in [5.74, 6) is -1.67. The van der Waals surface area contributed by atoms with E-state index in [4.69, 9.17) is 15.2 Å². The van der Waals surface area contributed by atoms with Crippen molar-refractivity contribution in [3.8, 4) is 0 Å². The Morgan fingerprint density at radius 2 is 1.40 bits per heavy atom. The van der Waals surface area contributed by atoms with E-state index in [2.05, 4.69) is 36.4 Å². The number of rotatable bonds is 7. The Balaban J connectivity index is 1.89. The Bertz CT molecular complexity index is 1460. The van der Waals surface area contributed by atoms with Crippen molar-refractivity contribution in [1.29, 1.82) is 0 Å². The number of amides is 3. The molecule has 3 aromatic rings. The van der Waals surface area contributed by atoms with Gasteiger partial charge in [0.15, 0.2) is 0 Å². The van der Waals surface area contributed by atoms with Crippen molar-refractivity contribution in [2.75, 3.05) is 24.4 Å². The van der Waals surface area contributed by atoms with E-state index in [1.54, 1.807) is 37.3 Å². The lowest BCUT2D eigenvalue weighted by atomic mass is 9.87. The molecular formula is C30H32N4O6. The molecule has 3 amide bonds. The van der Waals surface area contributed by atoms with Crippen LogP contribution in [0, 0.1) is 0 Å². The number of carbonyl (C=O) groups is 4. The fourth-order valence-corrected chi connectivity index (χ4v) is 3.65. The maximum Gasteiger partial charge on any atom is 0.435 e. The number of benzene rings is 3. The molecule has 208 valence electrons. The second-order valence-corrected chi connectivity index (χ2v) is 9.76. The molecule has 10 nitrogen and oxygen atoms in total.